The van der Waals surface area contributed by atoms with Gasteiger partial charge in [0, 0.05) is 26.4 Å². The van der Waals surface area contributed by atoms with Gasteiger partial charge in [-0.15, -0.1) is 0 Å². The molecular formula is C15H18F3N3O4. The van der Waals surface area contributed by atoms with Crippen LogP contribution in [0.5, 0.6) is 0 Å². The van der Waals surface area contributed by atoms with Crippen molar-refractivity contribution in [1.82, 2.24) is 9.88 Å². The molecule has 25 heavy (non-hydrogen) atoms. The molecule has 2 rings (SSSR count). The molecule has 0 saturated carbocycles. The number of methoxy groups -OCH3 is 1. The van der Waals surface area contributed by atoms with Crippen molar-refractivity contribution in [3.05, 3.63) is 23.9 Å². The van der Waals surface area contributed by atoms with Gasteiger partial charge in [0.15, 0.2) is 0 Å². The molecule has 0 unspecified atom stereocenters. The predicted molar refractivity (Wildman–Crippen MR) is 81.1 cm³/mol. The van der Waals surface area contributed by atoms with Gasteiger partial charge in [0.05, 0.1) is 18.4 Å². The third-order valence-electron chi connectivity index (χ3n) is 4.00. The lowest BCUT2D eigenvalue weighted by Gasteiger charge is -2.18. The van der Waals surface area contributed by atoms with E-state index in [0.717, 1.165) is 10.5 Å². The summed E-state index contributed by atoms with van der Waals surface area (Å²) in [6, 6.07) is 2.50. The van der Waals surface area contributed by atoms with Gasteiger partial charge in [-0.05, 0) is 24.1 Å². The van der Waals surface area contributed by atoms with Gasteiger partial charge in [-0.3, -0.25) is 10.1 Å². The number of nitrogens with one attached hydrogen (secondary N) is 1. The second-order valence-electron chi connectivity index (χ2n) is 5.72. The first-order valence-electron chi connectivity index (χ1n) is 7.51. The van der Waals surface area contributed by atoms with Crippen LogP contribution in [0.2, 0.25) is 0 Å². The van der Waals surface area contributed by atoms with E-state index in [4.69, 9.17) is 9.84 Å². The molecule has 0 aliphatic carbocycles. The summed E-state index contributed by atoms with van der Waals surface area (Å²) in [4.78, 5) is 28.0. The number of amides is 2. The number of nitrogens with zero attached hydrogens (tertiary/aromatic N) is 2. The molecule has 10 heteroatoms. The van der Waals surface area contributed by atoms with E-state index in [1.54, 1.807) is 19.2 Å². The number of halogens is 3. The van der Waals surface area contributed by atoms with Crippen LogP contribution in [0.1, 0.15) is 5.56 Å². The smallest absolute Gasteiger partial charge is 0.394 e. The van der Waals surface area contributed by atoms with Crippen molar-refractivity contribution in [2.24, 2.45) is 11.8 Å². The molecule has 7 nitrogen and oxygen atoms in total. The zero-order valence-electron chi connectivity index (χ0n) is 13.4. The zero-order chi connectivity index (χ0) is 18.6. The second-order valence-corrected chi connectivity index (χ2v) is 5.72. The van der Waals surface area contributed by atoms with E-state index >= 15 is 0 Å². The molecular weight excluding hydrogens is 343 g/mol. The van der Waals surface area contributed by atoms with E-state index in [0.29, 0.717) is 13.0 Å². The minimum absolute atomic E-state index is 0.181. The number of carboxylic acid groups (broad SMARTS) is 1. The standard InChI is InChI=1S/C15H18F3N3O4/c1-25-5-3-9-2-4-19-12(6-9)20-14(24)21-7-10(13(22)23)11(8-21)15(16,17)18/h2,4,6,10-11H,3,5,7-8H2,1H3,(H,22,23)(H,19,20,24)/t10-,11-/m1/s1. The first kappa shape index (κ1) is 19.0. The second kappa shape index (κ2) is 7.68. The summed E-state index contributed by atoms with van der Waals surface area (Å²) >= 11 is 0. The van der Waals surface area contributed by atoms with Gasteiger partial charge in [0.1, 0.15) is 5.82 Å². The molecule has 138 valence electrons. The number of likely N-dealkylation sites (tertiary alicyclic amines) is 1. The molecule has 0 aromatic carbocycles. The normalized spacial score (nSPS) is 20.6. The number of pyridine rings is 1. The summed E-state index contributed by atoms with van der Waals surface area (Å²) in [7, 11) is 1.55. The maximum absolute atomic E-state index is 13.0. The van der Waals surface area contributed by atoms with Crippen LogP contribution >= 0.6 is 0 Å². The Kier molecular flexibility index (Phi) is 5.83. The lowest BCUT2D eigenvalue weighted by Crippen LogP contribution is -2.35. The summed E-state index contributed by atoms with van der Waals surface area (Å²) in [5, 5.41) is 11.4. The largest absolute Gasteiger partial charge is 0.481 e. The van der Waals surface area contributed by atoms with Crippen molar-refractivity contribution in [1.29, 1.82) is 0 Å². The Morgan fingerprint density at radius 3 is 2.72 bits per heavy atom. The third-order valence-corrected chi connectivity index (χ3v) is 4.00. The van der Waals surface area contributed by atoms with Crippen molar-refractivity contribution < 1.29 is 32.6 Å². The fraction of sp³-hybridized carbons (Fsp3) is 0.533. The van der Waals surface area contributed by atoms with E-state index < -0.39 is 43.1 Å². The highest BCUT2D eigenvalue weighted by molar-refractivity contribution is 5.89. The van der Waals surface area contributed by atoms with Crippen molar-refractivity contribution >= 4 is 17.8 Å². The number of aromatic nitrogens is 1. The lowest BCUT2D eigenvalue weighted by atomic mass is 9.96. The van der Waals surface area contributed by atoms with Gasteiger partial charge in [0.2, 0.25) is 0 Å². The van der Waals surface area contributed by atoms with E-state index in [-0.39, 0.29) is 5.82 Å². The Balaban J connectivity index is 2.05. The molecule has 0 bridgehead atoms. The number of alkyl halides is 3. The molecule has 2 amide bonds. The third kappa shape index (κ3) is 4.81. The molecule has 2 heterocycles. The molecule has 1 aliphatic heterocycles. The quantitative estimate of drug-likeness (QED) is 0.837. The van der Waals surface area contributed by atoms with Crippen LogP contribution in [0.4, 0.5) is 23.8 Å². The number of urea groups is 1. The Morgan fingerprint density at radius 2 is 2.16 bits per heavy atom. The highest BCUT2D eigenvalue weighted by Gasteiger charge is 2.53. The lowest BCUT2D eigenvalue weighted by molar-refractivity contribution is -0.187. The van der Waals surface area contributed by atoms with E-state index in [1.807, 2.05) is 0 Å². The summed E-state index contributed by atoms with van der Waals surface area (Å²) < 4.78 is 43.8. The minimum atomic E-state index is -4.68. The zero-order valence-corrected chi connectivity index (χ0v) is 13.4. The number of hydrogen-bond acceptors (Lipinski definition) is 4. The van der Waals surface area contributed by atoms with Crippen molar-refractivity contribution in [3.8, 4) is 0 Å². The first-order chi connectivity index (χ1) is 11.7. The molecule has 2 atom stereocenters. The maximum atomic E-state index is 13.0. The van der Waals surface area contributed by atoms with Crippen molar-refractivity contribution in [3.63, 3.8) is 0 Å². The fourth-order valence-corrected chi connectivity index (χ4v) is 2.66. The average molecular weight is 361 g/mol. The van der Waals surface area contributed by atoms with Gasteiger partial charge in [-0.2, -0.15) is 13.2 Å². The number of aliphatic carboxylic acids is 1. The van der Waals surface area contributed by atoms with Gasteiger partial charge in [-0.1, -0.05) is 0 Å². The molecule has 1 aliphatic rings. The summed E-state index contributed by atoms with van der Waals surface area (Å²) in [6.45, 7) is -0.735. The summed E-state index contributed by atoms with van der Waals surface area (Å²) in [5.41, 5.74) is 0.838. The number of carboxylic acids is 1. The molecule has 2 N–H and O–H groups in total. The number of hydrogen-bond donors (Lipinski definition) is 2. The number of ether oxygens (including phenoxy) is 1. The number of rotatable bonds is 5. The SMILES string of the molecule is COCCc1ccnc(NC(=O)N2C[C@@H](C(F)(F)F)[C@H](C(=O)O)C2)c1. The molecule has 1 aromatic rings. The molecule has 1 saturated heterocycles. The fourth-order valence-electron chi connectivity index (χ4n) is 2.66. The monoisotopic (exact) mass is 361 g/mol. The van der Waals surface area contributed by atoms with Crippen LogP contribution in [-0.4, -0.2) is 60.0 Å². The molecule has 0 radical (unpaired) electrons. The number of carbonyl (C=O) groups is 2. The molecule has 1 fully saturated rings. The molecule has 1 aromatic heterocycles. The van der Waals surface area contributed by atoms with Crippen LogP contribution < -0.4 is 5.32 Å². The minimum Gasteiger partial charge on any atom is -0.481 e. The van der Waals surface area contributed by atoms with Gasteiger partial charge < -0.3 is 14.7 Å². The van der Waals surface area contributed by atoms with Gasteiger partial charge >= 0.3 is 18.2 Å². The molecule has 0 spiro atoms. The highest BCUT2D eigenvalue weighted by atomic mass is 19.4. The van der Waals surface area contributed by atoms with Crippen molar-refractivity contribution in [2.75, 3.05) is 32.1 Å². The first-order valence-corrected chi connectivity index (χ1v) is 7.51. The van der Waals surface area contributed by atoms with Gasteiger partial charge in [0.25, 0.3) is 0 Å². The van der Waals surface area contributed by atoms with Gasteiger partial charge in [-0.25, -0.2) is 9.78 Å². The topological polar surface area (TPSA) is 91.8 Å². The van der Waals surface area contributed by atoms with Crippen molar-refractivity contribution in [2.45, 2.75) is 12.6 Å². The Morgan fingerprint density at radius 1 is 1.44 bits per heavy atom. The summed E-state index contributed by atoms with van der Waals surface area (Å²) in [5.74, 6) is -5.15. The van der Waals surface area contributed by atoms with Crippen LogP contribution in [-0.2, 0) is 16.0 Å². The predicted octanol–water partition coefficient (Wildman–Crippen LogP) is 2.00. The van der Waals surface area contributed by atoms with Crippen LogP contribution in [0.3, 0.4) is 0 Å². The summed E-state index contributed by atoms with van der Waals surface area (Å²) in [6.07, 6.45) is -2.64. The Bertz CT molecular complexity index is 639. The van der Waals surface area contributed by atoms with Crippen LogP contribution in [0, 0.1) is 11.8 Å². The number of carbonyl (C=O) groups excluding carboxylic acids is 1. The van der Waals surface area contributed by atoms with E-state index in [9.17, 15) is 22.8 Å². The van der Waals surface area contributed by atoms with E-state index in [2.05, 4.69) is 10.3 Å². The highest BCUT2D eigenvalue weighted by Crippen LogP contribution is 2.37. The Hall–Kier alpha value is -2.36. The number of anilines is 1. The maximum Gasteiger partial charge on any atom is 0.394 e. The average Bonchev–Trinajstić information content (AvgIpc) is 2.99. The van der Waals surface area contributed by atoms with E-state index in [1.165, 1.54) is 6.20 Å². The van der Waals surface area contributed by atoms with Crippen LogP contribution in [0.15, 0.2) is 18.3 Å². The van der Waals surface area contributed by atoms with Crippen LogP contribution in [0.25, 0.3) is 0 Å². The Labute approximate surface area is 141 Å².